The molecule has 2 atom stereocenters. The van der Waals surface area contributed by atoms with Crippen LogP contribution in [0.3, 0.4) is 0 Å². The maximum atomic E-state index is 13.4. The SMILES string of the molecule is Cc1ccc2c(c1)N(C(=O)N1CCC[C@@H](C(=O)NCc3ccc(Cl)cc3)C1)C[C@@H](C)O2. The van der Waals surface area contributed by atoms with E-state index in [2.05, 4.69) is 5.32 Å². The molecule has 2 aliphatic rings. The maximum absolute atomic E-state index is 13.4. The second-order valence-electron chi connectivity index (χ2n) is 8.42. The first-order valence-electron chi connectivity index (χ1n) is 10.8. The molecule has 3 amide bonds. The van der Waals surface area contributed by atoms with Crippen LogP contribution in [0.15, 0.2) is 42.5 Å². The van der Waals surface area contributed by atoms with Gasteiger partial charge in [-0.05, 0) is 62.1 Å². The molecule has 0 bridgehead atoms. The molecule has 0 aromatic heterocycles. The number of hydrogen-bond donors (Lipinski definition) is 1. The Morgan fingerprint density at radius 1 is 1.16 bits per heavy atom. The molecule has 164 valence electrons. The summed E-state index contributed by atoms with van der Waals surface area (Å²) in [5, 5.41) is 3.68. The van der Waals surface area contributed by atoms with Gasteiger partial charge in [-0.15, -0.1) is 0 Å². The lowest BCUT2D eigenvalue weighted by Gasteiger charge is -2.39. The normalized spacial score (nSPS) is 20.6. The van der Waals surface area contributed by atoms with E-state index in [0.717, 1.165) is 35.4 Å². The van der Waals surface area contributed by atoms with E-state index >= 15 is 0 Å². The average molecular weight is 442 g/mol. The zero-order chi connectivity index (χ0) is 22.0. The standard InChI is InChI=1S/C24H28ClN3O3/c1-16-5-10-22-21(12-16)28(14-17(2)31-22)24(30)27-11-3-4-19(15-27)23(29)26-13-18-6-8-20(25)9-7-18/h5-10,12,17,19H,3-4,11,13-15H2,1-2H3,(H,26,29)/t17-,19-/m1/s1. The Kier molecular flexibility index (Phi) is 6.37. The fourth-order valence-corrected chi connectivity index (χ4v) is 4.33. The Bertz CT molecular complexity index is 963. The van der Waals surface area contributed by atoms with Gasteiger partial charge in [-0.1, -0.05) is 29.8 Å². The van der Waals surface area contributed by atoms with Crippen LogP contribution in [0.1, 0.15) is 30.9 Å². The summed E-state index contributed by atoms with van der Waals surface area (Å²) in [5.41, 5.74) is 2.88. The summed E-state index contributed by atoms with van der Waals surface area (Å²) in [6, 6.07) is 13.3. The molecule has 4 rings (SSSR count). The highest BCUT2D eigenvalue weighted by atomic mass is 35.5. The topological polar surface area (TPSA) is 61.9 Å². The summed E-state index contributed by atoms with van der Waals surface area (Å²) in [7, 11) is 0. The van der Waals surface area contributed by atoms with Crippen molar-refractivity contribution in [3.05, 3.63) is 58.6 Å². The molecule has 0 saturated carbocycles. The van der Waals surface area contributed by atoms with Crippen LogP contribution in [0, 0.1) is 12.8 Å². The third-order valence-electron chi connectivity index (χ3n) is 5.85. The summed E-state index contributed by atoms with van der Waals surface area (Å²) in [4.78, 5) is 29.8. The minimum atomic E-state index is -0.208. The lowest BCUT2D eigenvalue weighted by atomic mass is 9.97. The number of halogens is 1. The highest BCUT2D eigenvalue weighted by molar-refractivity contribution is 6.30. The van der Waals surface area contributed by atoms with E-state index in [1.165, 1.54) is 0 Å². The first-order valence-corrected chi connectivity index (χ1v) is 11.1. The minimum absolute atomic E-state index is 0.0148. The Labute approximate surface area is 188 Å². The third-order valence-corrected chi connectivity index (χ3v) is 6.10. The molecule has 2 aromatic carbocycles. The van der Waals surface area contributed by atoms with Crippen molar-refractivity contribution in [2.24, 2.45) is 5.92 Å². The summed E-state index contributed by atoms with van der Waals surface area (Å²) in [6.45, 7) is 6.01. The lowest BCUT2D eigenvalue weighted by molar-refractivity contribution is -0.126. The van der Waals surface area contributed by atoms with Crippen molar-refractivity contribution in [3.8, 4) is 5.75 Å². The van der Waals surface area contributed by atoms with E-state index in [9.17, 15) is 9.59 Å². The van der Waals surface area contributed by atoms with Gasteiger partial charge >= 0.3 is 6.03 Å². The van der Waals surface area contributed by atoms with Crippen LogP contribution in [-0.4, -0.2) is 42.6 Å². The van der Waals surface area contributed by atoms with Crippen LogP contribution in [-0.2, 0) is 11.3 Å². The Hall–Kier alpha value is -2.73. The molecule has 0 spiro atoms. The monoisotopic (exact) mass is 441 g/mol. The molecule has 31 heavy (non-hydrogen) atoms. The van der Waals surface area contributed by atoms with Gasteiger partial charge in [0.05, 0.1) is 18.2 Å². The zero-order valence-electron chi connectivity index (χ0n) is 17.9. The number of rotatable bonds is 3. The number of carbonyl (C=O) groups is 2. The summed E-state index contributed by atoms with van der Waals surface area (Å²) >= 11 is 5.92. The first-order chi connectivity index (χ1) is 14.9. The van der Waals surface area contributed by atoms with Gasteiger partial charge in [0.1, 0.15) is 11.9 Å². The van der Waals surface area contributed by atoms with Gasteiger partial charge < -0.3 is 15.0 Å². The number of urea groups is 1. The van der Waals surface area contributed by atoms with Gasteiger partial charge in [-0.2, -0.15) is 0 Å². The Morgan fingerprint density at radius 2 is 1.94 bits per heavy atom. The first kappa shape index (κ1) is 21.5. The molecule has 0 unspecified atom stereocenters. The predicted octanol–water partition coefficient (Wildman–Crippen LogP) is 4.38. The Balaban J connectivity index is 1.41. The Morgan fingerprint density at radius 3 is 2.71 bits per heavy atom. The summed E-state index contributed by atoms with van der Waals surface area (Å²) in [6.07, 6.45) is 1.51. The molecule has 0 aliphatic carbocycles. The third kappa shape index (κ3) is 4.96. The molecule has 2 heterocycles. The smallest absolute Gasteiger partial charge is 0.324 e. The number of nitrogens with zero attached hydrogens (tertiary/aromatic N) is 2. The van der Waals surface area contributed by atoms with E-state index in [1.807, 2.05) is 56.3 Å². The second-order valence-corrected chi connectivity index (χ2v) is 8.86. The van der Waals surface area contributed by atoms with Crippen molar-refractivity contribution < 1.29 is 14.3 Å². The molecule has 0 radical (unpaired) electrons. The van der Waals surface area contributed by atoms with Crippen LogP contribution >= 0.6 is 11.6 Å². The van der Waals surface area contributed by atoms with Gasteiger partial charge in [-0.25, -0.2) is 4.79 Å². The number of nitrogens with one attached hydrogen (secondary N) is 1. The number of aryl methyl sites for hydroxylation is 1. The molecular formula is C24H28ClN3O3. The van der Waals surface area contributed by atoms with Crippen molar-refractivity contribution in [2.45, 2.75) is 39.3 Å². The summed E-state index contributed by atoms with van der Waals surface area (Å²) < 4.78 is 5.91. The van der Waals surface area contributed by atoms with Crippen LogP contribution in [0.5, 0.6) is 5.75 Å². The van der Waals surface area contributed by atoms with E-state index < -0.39 is 0 Å². The molecular weight excluding hydrogens is 414 g/mol. The highest BCUT2D eigenvalue weighted by Gasteiger charge is 2.34. The van der Waals surface area contributed by atoms with E-state index in [4.69, 9.17) is 16.3 Å². The predicted molar refractivity (Wildman–Crippen MR) is 122 cm³/mol. The molecule has 1 saturated heterocycles. The number of anilines is 1. The average Bonchev–Trinajstić information content (AvgIpc) is 2.78. The van der Waals surface area contributed by atoms with Crippen LogP contribution in [0.25, 0.3) is 0 Å². The second kappa shape index (κ2) is 9.18. The number of hydrogen-bond acceptors (Lipinski definition) is 3. The summed E-state index contributed by atoms with van der Waals surface area (Å²) in [5.74, 6) is 0.506. The van der Waals surface area contributed by atoms with Crippen LogP contribution < -0.4 is 15.0 Å². The number of likely N-dealkylation sites (tertiary alicyclic amines) is 1. The largest absolute Gasteiger partial charge is 0.487 e. The van der Waals surface area contributed by atoms with E-state index in [-0.39, 0.29) is 24.0 Å². The van der Waals surface area contributed by atoms with Crippen molar-refractivity contribution in [3.63, 3.8) is 0 Å². The maximum Gasteiger partial charge on any atom is 0.324 e. The highest BCUT2D eigenvalue weighted by Crippen LogP contribution is 2.35. The van der Waals surface area contributed by atoms with Crippen molar-refractivity contribution in [1.29, 1.82) is 0 Å². The van der Waals surface area contributed by atoms with Crippen molar-refractivity contribution in [1.82, 2.24) is 10.2 Å². The number of ether oxygens (including phenoxy) is 1. The van der Waals surface area contributed by atoms with Gasteiger partial charge in [0.15, 0.2) is 0 Å². The van der Waals surface area contributed by atoms with Crippen molar-refractivity contribution >= 4 is 29.2 Å². The van der Waals surface area contributed by atoms with E-state index in [0.29, 0.717) is 31.2 Å². The fraction of sp³-hybridized carbons (Fsp3) is 0.417. The quantitative estimate of drug-likeness (QED) is 0.768. The molecule has 1 N–H and O–H groups in total. The molecule has 6 nitrogen and oxygen atoms in total. The van der Waals surface area contributed by atoms with Crippen LogP contribution in [0.2, 0.25) is 5.02 Å². The van der Waals surface area contributed by atoms with Gasteiger partial charge in [-0.3, -0.25) is 9.69 Å². The zero-order valence-corrected chi connectivity index (χ0v) is 18.7. The molecule has 2 aliphatic heterocycles. The van der Waals surface area contributed by atoms with Gasteiger partial charge in [0.25, 0.3) is 0 Å². The number of carbonyl (C=O) groups excluding carboxylic acids is 2. The fourth-order valence-electron chi connectivity index (χ4n) is 4.20. The van der Waals surface area contributed by atoms with Crippen molar-refractivity contribution in [2.75, 3.05) is 24.5 Å². The number of piperidine rings is 1. The number of amides is 3. The molecule has 7 heteroatoms. The number of benzene rings is 2. The number of fused-ring (bicyclic) bond motifs is 1. The van der Waals surface area contributed by atoms with Crippen LogP contribution in [0.4, 0.5) is 10.5 Å². The molecule has 1 fully saturated rings. The van der Waals surface area contributed by atoms with E-state index in [1.54, 1.807) is 9.80 Å². The minimum Gasteiger partial charge on any atom is -0.487 e. The van der Waals surface area contributed by atoms with Gasteiger partial charge in [0.2, 0.25) is 5.91 Å². The van der Waals surface area contributed by atoms with Gasteiger partial charge in [0, 0.05) is 24.7 Å². The molecule has 2 aromatic rings. The lowest BCUT2D eigenvalue weighted by Crippen LogP contribution is -2.53.